The van der Waals surface area contributed by atoms with Gasteiger partial charge in [0.05, 0.1) is 6.10 Å². The molecule has 6 heteroatoms. The smallest absolute Gasteiger partial charge is 0.273 e. The van der Waals surface area contributed by atoms with Crippen LogP contribution in [0.2, 0.25) is 0 Å². The molecule has 2 rings (SSSR count). The molecule has 0 spiro atoms. The van der Waals surface area contributed by atoms with Crippen molar-refractivity contribution in [2.75, 3.05) is 13.7 Å². The minimum Gasteiger partial charge on any atom is -0.375 e. The topological polar surface area (TPSA) is 64.4 Å². The molecule has 2 aromatic rings. The number of halogens is 1. The molecule has 1 aromatic heterocycles. The first-order valence-corrected chi connectivity index (χ1v) is 6.10. The van der Waals surface area contributed by atoms with Crippen molar-refractivity contribution in [1.82, 2.24) is 10.5 Å². The van der Waals surface area contributed by atoms with Gasteiger partial charge in [-0.05, 0) is 24.6 Å². The summed E-state index contributed by atoms with van der Waals surface area (Å²) in [6.07, 6.45) is -0.428. The number of rotatable bonds is 5. The molecule has 0 aliphatic heterocycles. The lowest BCUT2D eigenvalue weighted by Gasteiger charge is -2.16. The summed E-state index contributed by atoms with van der Waals surface area (Å²) in [5.74, 6) is -0.146. The number of aryl methyl sites for hydroxylation is 1. The SMILES string of the molecule is COC(CNC(=O)c1cc(C)on1)c1cccc(F)c1. The second-order valence-electron chi connectivity index (χ2n) is 4.31. The number of carbonyl (C=O) groups is 1. The summed E-state index contributed by atoms with van der Waals surface area (Å²) in [5, 5.41) is 6.29. The molecule has 1 atom stereocenters. The highest BCUT2D eigenvalue weighted by atomic mass is 19.1. The maximum atomic E-state index is 13.2. The summed E-state index contributed by atoms with van der Waals surface area (Å²) in [5.41, 5.74) is 0.862. The molecule has 1 aromatic carbocycles. The lowest BCUT2D eigenvalue weighted by Crippen LogP contribution is -2.29. The van der Waals surface area contributed by atoms with Crippen molar-refractivity contribution in [3.8, 4) is 0 Å². The van der Waals surface area contributed by atoms with Crippen molar-refractivity contribution in [2.24, 2.45) is 0 Å². The molecule has 1 heterocycles. The zero-order valence-corrected chi connectivity index (χ0v) is 11.2. The lowest BCUT2D eigenvalue weighted by atomic mass is 10.1. The number of carbonyl (C=O) groups excluding carboxylic acids is 1. The van der Waals surface area contributed by atoms with Gasteiger partial charge in [-0.15, -0.1) is 0 Å². The van der Waals surface area contributed by atoms with E-state index in [1.807, 2.05) is 0 Å². The predicted octanol–water partition coefficient (Wildman–Crippen LogP) is 2.24. The van der Waals surface area contributed by atoms with Crippen LogP contribution in [0, 0.1) is 12.7 Å². The Hall–Kier alpha value is -2.21. The Kier molecular flexibility index (Phi) is 4.47. The minimum absolute atomic E-state index is 0.205. The van der Waals surface area contributed by atoms with Gasteiger partial charge in [-0.25, -0.2) is 4.39 Å². The molecule has 0 saturated heterocycles. The third kappa shape index (κ3) is 3.42. The van der Waals surface area contributed by atoms with Gasteiger partial charge in [0.1, 0.15) is 11.6 Å². The Morgan fingerprint density at radius 1 is 1.50 bits per heavy atom. The molecule has 0 saturated carbocycles. The predicted molar refractivity (Wildman–Crippen MR) is 69.7 cm³/mol. The summed E-state index contributed by atoms with van der Waals surface area (Å²) in [6, 6.07) is 7.61. The van der Waals surface area contributed by atoms with Gasteiger partial charge in [-0.3, -0.25) is 4.79 Å². The highest BCUT2D eigenvalue weighted by molar-refractivity contribution is 5.92. The van der Waals surface area contributed by atoms with E-state index in [1.54, 1.807) is 25.1 Å². The summed E-state index contributed by atoms with van der Waals surface area (Å²) in [7, 11) is 1.50. The van der Waals surface area contributed by atoms with E-state index in [-0.39, 0.29) is 24.0 Å². The zero-order chi connectivity index (χ0) is 14.5. The third-order valence-electron chi connectivity index (χ3n) is 2.81. The van der Waals surface area contributed by atoms with Crippen LogP contribution in [0.25, 0.3) is 0 Å². The van der Waals surface area contributed by atoms with Crippen LogP contribution in [0.4, 0.5) is 4.39 Å². The van der Waals surface area contributed by atoms with E-state index < -0.39 is 6.10 Å². The Labute approximate surface area is 115 Å². The largest absolute Gasteiger partial charge is 0.375 e. The molecular formula is C14H15FN2O3. The summed E-state index contributed by atoms with van der Waals surface area (Å²) >= 11 is 0. The zero-order valence-electron chi connectivity index (χ0n) is 11.2. The van der Waals surface area contributed by atoms with Crippen LogP contribution in [0.15, 0.2) is 34.9 Å². The highest BCUT2D eigenvalue weighted by Gasteiger charge is 2.15. The molecule has 0 aliphatic rings. The molecule has 0 radical (unpaired) electrons. The van der Waals surface area contributed by atoms with Crippen molar-refractivity contribution in [3.05, 3.63) is 53.2 Å². The lowest BCUT2D eigenvalue weighted by molar-refractivity contribution is 0.0820. The molecule has 0 bridgehead atoms. The van der Waals surface area contributed by atoms with E-state index in [0.29, 0.717) is 11.3 Å². The van der Waals surface area contributed by atoms with Crippen molar-refractivity contribution in [1.29, 1.82) is 0 Å². The van der Waals surface area contributed by atoms with E-state index in [2.05, 4.69) is 10.5 Å². The molecule has 106 valence electrons. The fraction of sp³-hybridized carbons (Fsp3) is 0.286. The number of benzene rings is 1. The maximum Gasteiger partial charge on any atom is 0.273 e. The standard InChI is InChI=1S/C14H15FN2O3/c1-9-6-12(17-20-9)14(18)16-8-13(19-2)10-4-3-5-11(15)7-10/h3-7,13H,8H2,1-2H3,(H,16,18). The number of aromatic nitrogens is 1. The molecule has 1 unspecified atom stereocenters. The van der Waals surface area contributed by atoms with Crippen LogP contribution < -0.4 is 5.32 Å². The van der Waals surface area contributed by atoms with Crippen molar-refractivity contribution in [2.45, 2.75) is 13.0 Å². The fourth-order valence-electron chi connectivity index (χ4n) is 1.79. The van der Waals surface area contributed by atoms with E-state index in [1.165, 1.54) is 19.2 Å². The van der Waals surface area contributed by atoms with E-state index >= 15 is 0 Å². The van der Waals surface area contributed by atoms with Crippen molar-refractivity contribution >= 4 is 5.91 Å². The number of nitrogens with one attached hydrogen (secondary N) is 1. The van der Waals surface area contributed by atoms with Crippen LogP contribution in [0.3, 0.4) is 0 Å². The van der Waals surface area contributed by atoms with E-state index in [9.17, 15) is 9.18 Å². The Morgan fingerprint density at radius 2 is 2.30 bits per heavy atom. The molecular weight excluding hydrogens is 263 g/mol. The van der Waals surface area contributed by atoms with Gasteiger partial charge in [-0.1, -0.05) is 17.3 Å². The minimum atomic E-state index is -0.428. The Bertz CT molecular complexity index is 598. The van der Waals surface area contributed by atoms with Crippen LogP contribution in [0.5, 0.6) is 0 Å². The van der Waals surface area contributed by atoms with E-state index in [0.717, 1.165) is 0 Å². The molecule has 1 amide bonds. The summed E-state index contributed by atoms with van der Waals surface area (Å²) < 4.78 is 23.3. The van der Waals surface area contributed by atoms with Crippen molar-refractivity contribution in [3.63, 3.8) is 0 Å². The quantitative estimate of drug-likeness (QED) is 0.911. The number of hydrogen-bond acceptors (Lipinski definition) is 4. The first-order chi connectivity index (χ1) is 9.60. The van der Waals surface area contributed by atoms with Gasteiger partial charge in [0.15, 0.2) is 5.69 Å². The van der Waals surface area contributed by atoms with Gasteiger partial charge in [0, 0.05) is 19.7 Å². The number of amides is 1. The molecule has 20 heavy (non-hydrogen) atoms. The first-order valence-electron chi connectivity index (χ1n) is 6.10. The van der Waals surface area contributed by atoms with Crippen LogP contribution in [-0.4, -0.2) is 24.7 Å². The third-order valence-corrected chi connectivity index (χ3v) is 2.81. The van der Waals surface area contributed by atoms with Gasteiger partial charge in [0.2, 0.25) is 0 Å². The highest BCUT2D eigenvalue weighted by Crippen LogP contribution is 2.16. The maximum absolute atomic E-state index is 13.2. The number of methoxy groups -OCH3 is 1. The Morgan fingerprint density at radius 3 is 2.90 bits per heavy atom. The van der Waals surface area contributed by atoms with Crippen LogP contribution in [0.1, 0.15) is 27.9 Å². The molecule has 0 fully saturated rings. The molecule has 5 nitrogen and oxygen atoms in total. The fourth-order valence-corrected chi connectivity index (χ4v) is 1.79. The van der Waals surface area contributed by atoms with E-state index in [4.69, 9.17) is 9.26 Å². The van der Waals surface area contributed by atoms with Crippen LogP contribution in [-0.2, 0) is 4.74 Å². The van der Waals surface area contributed by atoms with Gasteiger partial charge in [-0.2, -0.15) is 0 Å². The summed E-state index contributed by atoms with van der Waals surface area (Å²) in [4.78, 5) is 11.8. The summed E-state index contributed by atoms with van der Waals surface area (Å²) in [6.45, 7) is 1.92. The van der Waals surface area contributed by atoms with Gasteiger partial charge in [0.25, 0.3) is 5.91 Å². The first kappa shape index (κ1) is 14.2. The average Bonchev–Trinajstić information content (AvgIpc) is 2.86. The van der Waals surface area contributed by atoms with Crippen LogP contribution >= 0.6 is 0 Å². The monoisotopic (exact) mass is 278 g/mol. The second-order valence-corrected chi connectivity index (χ2v) is 4.31. The van der Waals surface area contributed by atoms with Gasteiger partial charge < -0.3 is 14.6 Å². The number of ether oxygens (including phenoxy) is 1. The molecule has 1 N–H and O–H groups in total. The second kappa shape index (κ2) is 6.29. The normalized spacial score (nSPS) is 12.2. The Balaban J connectivity index is 1.99. The van der Waals surface area contributed by atoms with Crippen molar-refractivity contribution < 1.29 is 18.4 Å². The van der Waals surface area contributed by atoms with Gasteiger partial charge >= 0.3 is 0 Å². The molecule has 0 aliphatic carbocycles. The number of hydrogen-bond donors (Lipinski definition) is 1. The number of nitrogens with zero attached hydrogens (tertiary/aromatic N) is 1. The average molecular weight is 278 g/mol.